The zero-order valence-corrected chi connectivity index (χ0v) is 8.87. The van der Waals surface area contributed by atoms with Crippen LogP contribution in [-0.2, 0) is 23.8 Å². The van der Waals surface area contributed by atoms with Gasteiger partial charge in [0, 0.05) is 13.5 Å². The van der Waals surface area contributed by atoms with E-state index in [1.54, 1.807) is 12.9 Å². The van der Waals surface area contributed by atoms with Gasteiger partial charge < -0.3 is 14.2 Å². The minimum Gasteiger partial charge on any atom is -0.485 e. The summed E-state index contributed by atoms with van der Waals surface area (Å²) >= 11 is 0. The Kier molecular flexibility index (Phi) is 3.88. The molecule has 1 fully saturated rings. The van der Waals surface area contributed by atoms with Gasteiger partial charge in [-0.2, -0.15) is 0 Å². The van der Waals surface area contributed by atoms with Crippen molar-refractivity contribution in [2.75, 3.05) is 26.9 Å². The van der Waals surface area contributed by atoms with Crippen LogP contribution in [0.15, 0.2) is 5.76 Å². The van der Waals surface area contributed by atoms with Crippen LogP contribution in [0.4, 0.5) is 0 Å². The first-order valence-electron chi connectivity index (χ1n) is 4.75. The molecule has 5 nitrogen and oxygen atoms in total. The van der Waals surface area contributed by atoms with E-state index in [4.69, 9.17) is 14.2 Å². The van der Waals surface area contributed by atoms with Crippen molar-refractivity contribution < 1.29 is 23.8 Å². The van der Waals surface area contributed by atoms with E-state index in [-0.39, 0.29) is 19.0 Å². The number of carbonyl (C=O) groups is 1. The van der Waals surface area contributed by atoms with Gasteiger partial charge >= 0.3 is 5.97 Å². The third-order valence-electron chi connectivity index (χ3n) is 2.36. The lowest BCUT2D eigenvalue weighted by molar-refractivity contribution is -0.155. The van der Waals surface area contributed by atoms with Crippen molar-refractivity contribution in [1.29, 1.82) is 0 Å². The zero-order valence-electron chi connectivity index (χ0n) is 8.87. The maximum Gasteiger partial charge on any atom is 0.323 e. The SMILES string of the molecule is CCOC(=O)C1(COC)CCOC1=C=O. The fourth-order valence-corrected chi connectivity index (χ4v) is 1.61. The molecule has 0 N–H and O–H groups in total. The molecule has 0 spiro atoms. The van der Waals surface area contributed by atoms with E-state index in [1.165, 1.54) is 7.11 Å². The van der Waals surface area contributed by atoms with Crippen LogP contribution in [0, 0.1) is 5.41 Å². The van der Waals surface area contributed by atoms with Crippen molar-refractivity contribution in [2.45, 2.75) is 13.3 Å². The summed E-state index contributed by atoms with van der Waals surface area (Å²) in [6, 6.07) is 0. The Hall–Kier alpha value is -1.32. The van der Waals surface area contributed by atoms with Crippen LogP contribution >= 0.6 is 0 Å². The molecule has 5 heteroatoms. The molecular formula is C10H14O5. The average molecular weight is 214 g/mol. The molecule has 1 rings (SSSR count). The standard InChI is InChI=1S/C10H14O5/c1-3-14-9(12)10(7-13-2)4-5-15-8(10)6-11/h3-5,7H2,1-2H3. The van der Waals surface area contributed by atoms with Crippen LogP contribution in [0.1, 0.15) is 13.3 Å². The maximum absolute atomic E-state index is 11.7. The maximum atomic E-state index is 11.7. The second-order valence-corrected chi connectivity index (χ2v) is 3.27. The van der Waals surface area contributed by atoms with Gasteiger partial charge in [0.2, 0.25) is 0 Å². The largest absolute Gasteiger partial charge is 0.485 e. The van der Waals surface area contributed by atoms with E-state index in [0.717, 1.165) is 0 Å². The highest BCUT2D eigenvalue weighted by Gasteiger charge is 2.50. The fourth-order valence-electron chi connectivity index (χ4n) is 1.61. The van der Waals surface area contributed by atoms with Gasteiger partial charge in [-0.15, -0.1) is 0 Å². The summed E-state index contributed by atoms with van der Waals surface area (Å²) in [5.41, 5.74) is -1.09. The van der Waals surface area contributed by atoms with Crippen molar-refractivity contribution in [1.82, 2.24) is 0 Å². The van der Waals surface area contributed by atoms with E-state index in [2.05, 4.69) is 0 Å². The second kappa shape index (κ2) is 4.96. The molecule has 0 aromatic rings. The third kappa shape index (κ3) is 2.03. The summed E-state index contributed by atoms with van der Waals surface area (Å²) in [6.07, 6.45) is 0.393. The first kappa shape index (κ1) is 11.8. The first-order chi connectivity index (χ1) is 7.21. The molecule has 1 heterocycles. The molecule has 15 heavy (non-hydrogen) atoms. The quantitative estimate of drug-likeness (QED) is 0.498. The minimum absolute atomic E-state index is 0.0113. The Morgan fingerprint density at radius 1 is 1.67 bits per heavy atom. The molecule has 0 bridgehead atoms. The Morgan fingerprint density at radius 3 is 2.93 bits per heavy atom. The van der Waals surface area contributed by atoms with E-state index in [0.29, 0.717) is 13.0 Å². The van der Waals surface area contributed by atoms with E-state index >= 15 is 0 Å². The lowest BCUT2D eigenvalue weighted by Crippen LogP contribution is -2.36. The number of carbonyl (C=O) groups excluding carboxylic acids is 2. The van der Waals surface area contributed by atoms with Gasteiger partial charge in [-0.1, -0.05) is 0 Å². The van der Waals surface area contributed by atoms with Gasteiger partial charge in [0.15, 0.2) is 17.1 Å². The van der Waals surface area contributed by atoms with E-state index < -0.39 is 11.4 Å². The minimum atomic E-state index is -1.09. The van der Waals surface area contributed by atoms with Crippen LogP contribution in [0.25, 0.3) is 0 Å². The predicted molar refractivity (Wildman–Crippen MR) is 50.7 cm³/mol. The van der Waals surface area contributed by atoms with Crippen LogP contribution < -0.4 is 0 Å². The number of hydrogen-bond donors (Lipinski definition) is 0. The van der Waals surface area contributed by atoms with Crippen molar-refractivity contribution in [3.63, 3.8) is 0 Å². The van der Waals surface area contributed by atoms with Gasteiger partial charge in [-0.3, -0.25) is 4.79 Å². The molecule has 1 aliphatic heterocycles. The Morgan fingerprint density at radius 2 is 2.40 bits per heavy atom. The van der Waals surface area contributed by atoms with Crippen molar-refractivity contribution in [3.05, 3.63) is 5.76 Å². The highest BCUT2D eigenvalue weighted by atomic mass is 16.5. The molecular weight excluding hydrogens is 200 g/mol. The predicted octanol–water partition coefficient (Wildman–Crippen LogP) is 0.318. The Labute approximate surface area is 88.0 Å². The molecule has 0 saturated carbocycles. The molecule has 0 aliphatic carbocycles. The number of hydrogen-bond acceptors (Lipinski definition) is 5. The van der Waals surface area contributed by atoms with Crippen molar-refractivity contribution in [3.8, 4) is 0 Å². The molecule has 0 amide bonds. The van der Waals surface area contributed by atoms with Gasteiger partial charge in [0.1, 0.15) is 0 Å². The molecule has 1 atom stereocenters. The summed E-state index contributed by atoms with van der Waals surface area (Å²) in [4.78, 5) is 22.4. The topological polar surface area (TPSA) is 61.8 Å². The van der Waals surface area contributed by atoms with Crippen LogP contribution in [-0.4, -0.2) is 38.8 Å². The number of esters is 1. The van der Waals surface area contributed by atoms with Crippen molar-refractivity contribution >= 4 is 11.9 Å². The summed E-state index contributed by atoms with van der Waals surface area (Å²) in [7, 11) is 1.46. The zero-order chi connectivity index (χ0) is 11.3. The molecule has 1 unspecified atom stereocenters. The van der Waals surface area contributed by atoms with E-state index in [9.17, 15) is 9.59 Å². The normalized spacial score (nSPS) is 24.5. The number of rotatable bonds is 4. The molecule has 0 radical (unpaired) electrons. The summed E-state index contributed by atoms with van der Waals surface area (Å²) in [5, 5.41) is 0. The molecule has 0 aromatic heterocycles. The van der Waals surface area contributed by atoms with Crippen LogP contribution in [0.5, 0.6) is 0 Å². The van der Waals surface area contributed by atoms with Crippen LogP contribution in [0.3, 0.4) is 0 Å². The Balaban J connectivity index is 2.96. The third-order valence-corrected chi connectivity index (χ3v) is 2.36. The summed E-state index contributed by atoms with van der Waals surface area (Å²) in [5.74, 6) is 1.15. The Bertz CT molecular complexity index is 292. The average Bonchev–Trinajstić information content (AvgIpc) is 2.63. The van der Waals surface area contributed by atoms with Gasteiger partial charge in [-0.25, -0.2) is 4.79 Å². The van der Waals surface area contributed by atoms with Gasteiger partial charge in [0.25, 0.3) is 0 Å². The summed E-state index contributed by atoms with van der Waals surface area (Å²) in [6.45, 7) is 2.36. The van der Waals surface area contributed by atoms with Gasteiger partial charge in [-0.05, 0) is 6.92 Å². The fraction of sp³-hybridized carbons (Fsp3) is 0.700. The smallest absolute Gasteiger partial charge is 0.323 e. The van der Waals surface area contributed by atoms with E-state index in [1.807, 2.05) is 0 Å². The first-order valence-corrected chi connectivity index (χ1v) is 4.75. The lowest BCUT2D eigenvalue weighted by atomic mass is 9.86. The number of methoxy groups -OCH3 is 1. The van der Waals surface area contributed by atoms with Crippen molar-refractivity contribution in [2.24, 2.45) is 5.41 Å². The number of ether oxygens (including phenoxy) is 3. The second-order valence-electron chi connectivity index (χ2n) is 3.27. The van der Waals surface area contributed by atoms with Crippen LogP contribution in [0.2, 0.25) is 0 Å². The monoisotopic (exact) mass is 214 g/mol. The highest BCUT2D eigenvalue weighted by Crippen LogP contribution is 2.38. The molecule has 0 aromatic carbocycles. The lowest BCUT2D eigenvalue weighted by Gasteiger charge is -2.22. The molecule has 1 aliphatic rings. The van der Waals surface area contributed by atoms with Gasteiger partial charge in [0.05, 0.1) is 19.8 Å². The molecule has 1 saturated heterocycles. The highest BCUT2D eigenvalue weighted by molar-refractivity contribution is 5.83. The summed E-state index contributed by atoms with van der Waals surface area (Å²) < 4.78 is 14.9. The molecule has 84 valence electrons.